The first kappa shape index (κ1) is 31.3. The van der Waals surface area contributed by atoms with Crippen LogP contribution < -0.4 is 29.7 Å². The monoisotopic (exact) mass is 693 g/mol. The predicted molar refractivity (Wildman–Crippen MR) is 186 cm³/mol. The molecule has 6 rings (SSSR count). The van der Waals surface area contributed by atoms with Crippen molar-refractivity contribution in [2.75, 3.05) is 11.9 Å². The Hall–Kier alpha value is -4.73. The van der Waals surface area contributed by atoms with Crippen LogP contribution in [0.3, 0.4) is 0 Å². The summed E-state index contributed by atoms with van der Waals surface area (Å²) in [4.78, 5) is 33.4. The summed E-state index contributed by atoms with van der Waals surface area (Å²) >= 11 is 4.86. The minimum Gasteiger partial charge on any atom is -0.494 e. The molecule has 0 saturated heterocycles. The van der Waals surface area contributed by atoms with Crippen molar-refractivity contribution in [3.8, 4) is 11.5 Å². The van der Waals surface area contributed by atoms with Crippen LogP contribution in [0, 0.1) is 6.92 Å². The van der Waals surface area contributed by atoms with Crippen LogP contribution in [0.15, 0.2) is 123 Å². The molecule has 232 valence electrons. The Bertz CT molecular complexity index is 2100. The smallest absolute Gasteiger partial charge is 0.271 e. The average molecular weight is 695 g/mol. The third kappa shape index (κ3) is 6.76. The Labute approximate surface area is 279 Å². The summed E-state index contributed by atoms with van der Waals surface area (Å²) in [5.74, 6) is 1.04. The molecule has 5 aromatic rings. The molecule has 1 atom stereocenters. The second-order valence-electron chi connectivity index (χ2n) is 10.9. The zero-order valence-electron chi connectivity index (χ0n) is 25.6. The molecule has 0 bridgehead atoms. The summed E-state index contributed by atoms with van der Waals surface area (Å²) < 4.78 is 14.8. The van der Waals surface area contributed by atoms with Crippen LogP contribution in [0.2, 0.25) is 0 Å². The molecule has 1 amide bonds. The van der Waals surface area contributed by atoms with Crippen LogP contribution in [-0.2, 0) is 11.4 Å². The van der Waals surface area contributed by atoms with Gasteiger partial charge in [0.25, 0.3) is 11.5 Å². The largest absolute Gasteiger partial charge is 0.494 e. The number of carbonyl (C=O) groups is 1. The number of carbonyl (C=O) groups excluding carboxylic acids is 1. The Kier molecular flexibility index (Phi) is 9.33. The van der Waals surface area contributed by atoms with E-state index in [9.17, 15) is 9.59 Å². The summed E-state index contributed by atoms with van der Waals surface area (Å²) in [6.45, 7) is 6.71. The van der Waals surface area contributed by atoms with Crippen LogP contribution in [0.5, 0.6) is 11.5 Å². The summed E-state index contributed by atoms with van der Waals surface area (Å²) in [6.07, 6.45) is 1.83. The Morgan fingerprint density at radius 3 is 2.43 bits per heavy atom. The van der Waals surface area contributed by atoms with Gasteiger partial charge in [0, 0.05) is 15.7 Å². The van der Waals surface area contributed by atoms with Gasteiger partial charge in [0.05, 0.1) is 28.5 Å². The summed E-state index contributed by atoms with van der Waals surface area (Å²) in [5.41, 5.74) is 5.11. The number of thiazole rings is 1. The van der Waals surface area contributed by atoms with Crippen LogP contribution in [0.1, 0.15) is 42.1 Å². The number of aromatic nitrogens is 1. The van der Waals surface area contributed by atoms with Crippen molar-refractivity contribution in [2.24, 2.45) is 4.99 Å². The highest BCUT2D eigenvalue weighted by atomic mass is 79.9. The van der Waals surface area contributed by atoms with E-state index in [1.807, 2.05) is 112 Å². The molecule has 46 heavy (non-hydrogen) atoms. The van der Waals surface area contributed by atoms with Crippen LogP contribution in [0.25, 0.3) is 6.08 Å². The third-order valence-electron chi connectivity index (χ3n) is 7.58. The predicted octanol–water partition coefficient (Wildman–Crippen LogP) is 6.92. The molecule has 1 N–H and O–H groups in total. The van der Waals surface area contributed by atoms with Gasteiger partial charge in [-0.15, -0.1) is 0 Å². The van der Waals surface area contributed by atoms with E-state index in [2.05, 4.69) is 33.4 Å². The first-order valence-corrected chi connectivity index (χ1v) is 16.5. The van der Waals surface area contributed by atoms with Gasteiger partial charge in [0.1, 0.15) is 18.1 Å². The van der Waals surface area contributed by atoms with E-state index in [-0.39, 0.29) is 11.5 Å². The maximum atomic E-state index is 14.3. The zero-order valence-corrected chi connectivity index (χ0v) is 28.0. The molecule has 7 nitrogen and oxygen atoms in total. The van der Waals surface area contributed by atoms with Gasteiger partial charge < -0.3 is 14.8 Å². The first-order valence-electron chi connectivity index (χ1n) is 14.9. The normalized spacial score (nSPS) is 14.4. The van der Waals surface area contributed by atoms with Gasteiger partial charge in [-0.1, -0.05) is 87.4 Å². The van der Waals surface area contributed by atoms with E-state index in [4.69, 9.17) is 14.5 Å². The number of nitrogens with one attached hydrogen (secondary N) is 1. The number of nitrogens with zero attached hydrogens (tertiary/aromatic N) is 2. The lowest BCUT2D eigenvalue weighted by atomic mass is 9.95. The van der Waals surface area contributed by atoms with Gasteiger partial charge in [-0.3, -0.25) is 14.2 Å². The van der Waals surface area contributed by atoms with E-state index in [0.29, 0.717) is 51.0 Å². The molecule has 1 aliphatic heterocycles. The SMILES string of the molecule is CCOc1ccc([C@@H]2C(C(=O)Nc3ccccc3)=C(C)N=c3s/c(=C\c4cc(Br)ccc4OCc4ccc(C)cc4)c(=O)n32)cc1. The third-order valence-corrected chi connectivity index (χ3v) is 9.05. The van der Waals surface area contributed by atoms with Crippen molar-refractivity contribution in [2.45, 2.75) is 33.4 Å². The van der Waals surface area contributed by atoms with Crippen molar-refractivity contribution in [1.82, 2.24) is 4.57 Å². The number of amides is 1. The number of hydrogen-bond acceptors (Lipinski definition) is 6. The van der Waals surface area contributed by atoms with Crippen LogP contribution in [0.4, 0.5) is 5.69 Å². The fraction of sp³-hybridized carbons (Fsp3) is 0.162. The van der Waals surface area contributed by atoms with E-state index >= 15 is 0 Å². The lowest BCUT2D eigenvalue weighted by molar-refractivity contribution is -0.113. The van der Waals surface area contributed by atoms with Crippen molar-refractivity contribution < 1.29 is 14.3 Å². The summed E-state index contributed by atoms with van der Waals surface area (Å²) in [6, 6.07) is 30.0. The molecule has 0 spiro atoms. The highest BCUT2D eigenvalue weighted by Crippen LogP contribution is 2.32. The Balaban J connectivity index is 1.43. The zero-order chi connectivity index (χ0) is 32.2. The number of para-hydroxylation sites is 1. The molecule has 0 radical (unpaired) electrons. The lowest BCUT2D eigenvalue weighted by Crippen LogP contribution is -2.40. The number of allylic oxidation sites excluding steroid dienone is 1. The number of hydrogen-bond donors (Lipinski definition) is 1. The molecular weight excluding hydrogens is 662 g/mol. The maximum absolute atomic E-state index is 14.3. The van der Waals surface area contributed by atoms with Gasteiger partial charge in [-0.05, 0) is 80.4 Å². The van der Waals surface area contributed by atoms with Crippen LogP contribution in [-0.4, -0.2) is 17.1 Å². The maximum Gasteiger partial charge on any atom is 0.271 e. The van der Waals surface area contributed by atoms with E-state index < -0.39 is 6.04 Å². The Morgan fingerprint density at radius 2 is 1.72 bits per heavy atom. The summed E-state index contributed by atoms with van der Waals surface area (Å²) in [5, 5.41) is 2.99. The van der Waals surface area contributed by atoms with E-state index in [1.54, 1.807) is 4.57 Å². The number of fused-ring (bicyclic) bond motifs is 1. The number of anilines is 1. The number of aryl methyl sites for hydroxylation is 1. The van der Waals surface area contributed by atoms with Gasteiger partial charge >= 0.3 is 0 Å². The van der Waals surface area contributed by atoms with Crippen molar-refractivity contribution in [3.63, 3.8) is 0 Å². The highest BCUT2D eigenvalue weighted by Gasteiger charge is 2.32. The molecule has 0 saturated carbocycles. The topological polar surface area (TPSA) is 81.9 Å². The molecule has 4 aromatic carbocycles. The fourth-order valence-electron chi connectivity index (χ4n) is 5.31. The van der Waals surface area contributed by atoms with E-state index in [0.717, 1.165) is 21.2 Å². The molecule has 0 unspecified atom stereocenters. The summed E-state index contributed by atoms with van der Waals surface area (Å²) in [7, 11) is 0. The van der Waals surface area contributed by atoms with Crippen LogP contribution >= 0.6 is 27.3 Å². The molecule has 1 aromatic heterocycles. The fourth-order valence-corrected chi connectivity index (χ4v) is 6.73. The molecule has 0 aliphatic carbocycles. The highest BCUT2D eigenvalue weighted by molar-refractivity contribution is 9.10. The first-order chi connectivity index (χ1) is 22.3. The average Bonchev–Trinajstić information content (AvgIpc) is 3.35. The van der Waals surface area contributed by atoms with Gasteiger partial charge in [-0.2, -0.15) is 0 Å². The number of rotatable bonds is 9. The quantitative estimate of drug-likeness (QED) is 0.182. The number of benzene rings is 4. The van der Waals surface area contributed by atoms with Gasteiger partial charge in [0.15, 0.2) is 4.80 Å². The van der Waals surface area contributed by atoms with E-state index in [1.165, 1.54) is 16.9 Å². The second-order valence-corrected chi connectivity index (χ2v) is 12.8. The number of halogens is 1. The minimum absolute atomic E-state index is 0.246. The molecular formula is C37H32BrN3O4S. The van der Waals surface area contributed by atoms with Gasteiger partial charge in [-0.25, -0.2) is 4.99 Å². The molecule has 1 aliphatic rings. The molecule has 0 fully saturated rings. The van der Waals surface area contributed by atoms with Crippen molar-refractivity contribution in [1.29, 1.82) is 0 Å². The standard InChI is InChI=1S/C37H32BrN3O4S/c1-4-44-30-17-14-26(15-18-30)34-33(35(42)40-29-8-6-5-7-9-29)24(3)39-37-41(34)36(43)32(46-37)21-27-20-28(38)16-19-31(27)45-22-25-12-10-23(2)11-13-25/h5-21,34H,4,22H2,1-3H3,(H,40,42)/b32-21-/t34-/m1/s1. The second kappa shape index (κ2) is 13.7. The van der Waals surface area contributed by atoms with Crippen molar-refractivity contribution >= 4 is 44.9 Å². The minimum atomic E-state index is -0.697. The molecule has 2 heterocycles. The van der Waals surface area contributed by atoms with Crippen molar-refractivity contribution in [3.05, 3.63) is 155 Å². The number of ether oxygens (including phenoxy) is 2. The van der Waals surface area contributed by atoms with Gasteiger partial charge in [0.2, 0.25) is 0 Å². The Morgan fingerprint density at radius 1 is 0.978 bits per heavy atom. The lowest BCUT2D eigenvalue weighted by Gasteiger charge is -2.25. The molecule has 9 heteroatoms.